The van der Waals surface area contributed by atoms with Crippen LogP contribution >= 0.6 is 32.9 Å². The molecule has 6 heteroatoms. The van der Waals surface area contributed by atoms with Crippen molar-refractivity contribution >= 4 is 49.0 Å². The first kappa shape index (κ1) is 17.1. The van der Waals surface area contributed by atoms with Crippen LogP contribution in [0.1, 0.15) is 37.1 Å². The summed E-state index contributed by atoms with van der Waals surface area (Å²) >= 11 is 1.68. The number of unbranched alkanes of at least 4 members (excludes halogenated alkanes) is 1. The number of carbonyl (C=O) groups is 1. The van der Waals surface area contributed by atoms with Gasteiger partial charge in [0.1, 0.15) is 5.01 Å². The van der Waals surface area contributed by atoms with E-state index in [2.05, 4.69) is 11.1 Å². The fraction of sp³-hybridized carbons (Fsp3) is 0.529. The third-order valence-corrected chi connectivity index (χ3v) is 8.06. The molecule has 0 bridgehead atoms. The Kier molecular flexibility index (Phi) is 6.25. The molecule has 1 amide bonds. The molecular weight excluding hydrogens is 344 g/mol. The molecule has 2 aromatic rings. The molecule has 0 saturated carbocycles. The highest BCUT2D eigenvalue weighted by Crippen LogP contribution is 2.39. The molecule has 1 aliphatic rings. The molecule has 3 nitrogen and oxygen atoms in total. The third-order valence-electron chi connectivity index (χ3n) is 4.03. The second-order valence-corrected chi connectivity index (χ2v) is 9.80. The van der Waals surface area contributed by atoms with E-state index in [-0.39, 0.29) is 5.91 Å². The molecule has 0 radical (unpaired) electrons. The highest BCUT2D eigenvalue weighted by Gasteiger charge is 2.16. The first-order valence-corrected chi connectivity index (χ1v) is 11.3. The summed E-state index contributed by atoms with van der Waals surface area (Å²) in [5.41, 5.74) is 1.03. The van der Waals surface area contributed by atoms with E-state index >= 15 is 0 Å². The molecule has 1 aromatic carbocycles. The SMILES string of the molecule is CN(Cc1nc2ccccc2s1)C(=O)CCCCC1CCSS1. The number of amides is 1. The molecule has 1 unspecified atom stereocenters. The molecule has 1 aliphatic heterocycles. The van der Waals surface area contributed by atoms with Crippen LogP contribution in [0.25, 0.3) is 10.2 Å². The van der Waals surface area contributed by atoms with Gasteiger partial charge in [-0.25, -0.2) is 4.98 Å². The van der Waals surface area contributed by atoms with Crippen molar-refractivity contribution in [2.75, 3.05) is 12.8 Å². The molecule has 124 valence electrons. The predicted octanol–water partition coefficient (Wildman–Crippen LogP) is 4.97. The molecule has 0 N–H and O–H groups in total. The van der Waals surface area contributed by atoms with Crippen molar-refractivity contribution in [3.63, 3.8) is 0 Å². The number of hydrogen-bond acceptors (Lipinski definition) is 5. The number of hydrogen-bond donors (Lipinski definition) is 0. The monoisotopic (exact) mass is 366 g/mol. The minimum absolute atomic E-state index is 0.234. The number of thiazole rings is 1. The molecule has 1 aromatic heterocycles. The van der Waals surface area contributed by atoms with Crippen LogP contribution in [0.4, 0.5) is 0 Å². The van der Waals surface area contributed by atoms with E-state index in [0.29, 0.717) is 13.0 Å². The topological polar surface area (TPSA) is 33.2 Å². The van der Waals surface area contributed by atoms with Crippen molar-refractivity contribution in [3.8, 4) is 0 Å². The van der Waals surface area contributed by atoms with Crippen LogP contribution in [0, 0.1) is 0 Å². The quantitative estimate of drug-likeness (QED) is 0.512. The maximum Gasteiger partial charge on any atom is 0.222 e. The minimum atomic E-state index is 0.234. The lowest BCUT2D eigenvalue weighted by atomic mass is 10.1. The Bertz CT molecular complexity index is 619. The van der Waals surface area contributed by atoms with E-state index in [0.717, 1.165) is 22.2 Å². The van der Waals surface area contributed by atoms with Crippen molar-refractivity contribution in [2.24, 2.45) is 0 Å². The summed E-state index contributed by atoms with van der Waals surface area (Å²) in [6.07, 6.45) is 5.42. The van der Waals surface area contributed by atoms with Crippen molar-refractivity contribution in [1.29, 1.82) is 0 Å². The van der Waals surface area contributed by atoms with Crippen LogP contribution in [-0.2, 0) is 11.3 Å². The van der Waals surface area contributed by atoms with Crippen LogP contribution in [0.3, 0.4) is 0 Å². The first-order chi connectivity index (χ1) is 11.2. The van der Waals surface area contributed by atoms with E-state index in [1.165, 1.54) is 29.7 Å². The van der Waals surface area contributed by atoms with Gasteiger partial charge in [-0.05, 0) is 31.4 Å². The van der Waals surface area contributed by atoms with E-state index in [4.69, 9.17) is 0 Å². The van der Waals surface area contributed by atoms with Gasteiger partial charge in [-0.15, -0.1) is 11.3 Å². The maximum atomic E-state index is 12.3. The highest BCUT2D eigenvalue weighted by atomic mass is 33.1. The van der Waals surface area contributed by atoms with Crippen molar-refractivity contribution in [2.45, 2.75) is 43.9 Å². The van der Waals surface area contributed by atoms with Gasteiger partial charge in [-0.3, -0.25) is 4.79 Å². The smallest absolute Gasteiger partial charge is 0.222 e. The fourth-order valence-corrected chi connectivity index (χ4v) is 6.73. The lowest BCUT2D eigenvalue weighted by molar-refractivity contribution is -0.130. The predicted molar refractivity (Wildman–Crippen MR) is 103 cm³/mol. The van der Waals surface area contributed by atoms with Crippen molar-refractivity contribution < 1.29 is 4.79 Å². The molecule has 1 saturated heterocycles. The van der Waals surface area contributed by atoms with E-state index in [1.54, 1.807) is 11.3 Å². The van der Waals surface area contributed by atoms with Gasteiger partial charge in [0, 0.05) is 24.5 Å². The Morgan fingerprint density at radius 2 is 2.22 bits per heavy atom. The highest BCUT2D eigenvalue weighted by molar-refractivity contribution is 8.77. The second kappa shape index (κ2) is 8.40. The Morgan fingerprint density at radius 3 is 3.00 bits per heavy atom. The zero-order chi connectivity index (χ0) is 16.1. The number of nitrogens with zero attached hydrogens (tertiary/aromatic N) is 2. The van der Waals surface area contributed by atoms with Crippen LogP contribution in [0.2, 0.25) is 0 Å². The summed E-state index contributed by atoms with van der Waals surface area (Å²) in [6, 6.07) is 8.14. The minimum Gasteiger partial charge on any atom is -0.339 e. The first-order valence-electron chi connectivity index (χ1n) is 8.09. The number of para-hydroxylation sites is 1. The average molecular weight is 367 g/mol. The molecule has 1 fully saturated rings. The number of aromatic nitrogens is 1. The van der Waals surface area contributed by atoms with Crippen molar-refractivity contribution in [3.05, 3.63) is 29.3 Å². The van der Waals surface area contributed by atoms with Gasteiger partial charge in [-0.1, -0.05) is 40.1 Å². The Labute approximate surface area is 149 Å². The summed E-state index contributed by atoms with van der Waals surface area (Å²) in [5, 5.41) is 1.83. The number of fused-ring (bicyclic) bond motifs is 1. The van der Waals surface area contributed by atoms with Gasteiger partial charge in [0.2, 0.25) is 5.91 Å². The van der Waals surface area contributed by atoms with Crippen LogP contribution < -0.4 is 0 Å². The van der Waals surface area contributed by atoms with Gasteiger partial charge in [0.05, 0.1) is 16.8 Å². The van der Waals surface area contributed by atoms with Crippen LogP contribution in [0.5, 0.6) is 0 Å². The fourth-order valence-electron chi connectivity index (χ4n) is 2.68. The molecule has 2 heterocycles. The van der Waals surface area contributed by atoms with Gasteiger partial charge < -0.3 is 4.90 Å². The van der Waals surface area contributed by atoms with Crippen molar-refractivity contribution in [1.82, 2.24) is 9.88 Å². The van der Waals surface area contributed by atoms with Crippen LogP contribution in [0.15, 0.2) is 24.3 Å². The molecule has 3 rings (SSSR count). The Morgan fingerprint density at radius 1 is 1.35 bits per heavy atom. The van der Waals surface area contributed by atoms with E-state index in [1.807, 2.05) is 51.7 Å². The second-order valence-electron chi connectivity index (χ2n) is 5.90. The number of carbonyl (C=O) groups excluding carboxylic acids is 1. The normalized spacial score (nSPS) is 17.7. The van der Waals surface area contributed by atoms with E-state index < -0.39 is 0 Å². The number of rotatable bonds is 7. The summed E-state index contributed by atoms with van der Waals surface area (Å²) in [6.45, 7) is 0.618. The lowest BCUT2D eigenvalue weighted by Crippen LogP contribution is -2.25. The Hall–Kier alpha value is -0.720. The molecule has 1 atom stereocenters. The third kappa shape index (κ3) is 4.88. The lowest BCUT2D eigenvalue weighted by Gasteiger charge is -2.15. The molecule has 23 heavy (non-hydrogen) atoms. The molecule has 0 aliphatic carbocycles. The zero-order valence-electron chi connectivity index (χ0n) is 13.4. The Balaban J connectivity index is 1.41. The standard InChI is InChI=1S/C17H22N2OS3/c1-19(12-16-18-14-7-3-4-8-15(14)22-16)17(20)9-5-2-6-13-10-11-21-23-13/h3-4,7-8,13H,2,5-6,9-12H2,1H3. The summed E-state index contributed by atoms with van der Waals surface area (Å²) in [4.78, 5) is 18.7. The number of benzene rings is 1. The molecular formula is C17H22N2OS3. The van der Waals surface area contributed by atoms with E-state index in [9.17, 15) is 4.79 Å². The summed E-state index contributed by atoms with van der Waals surface area (Å²) < 4.78 is 1.19. The van der Waals surface area contributed by atoms with Crippen LogP contribution in [-0.4, -0.2) is 33.8 Å². The largest absolute Gasteiger partial charge is 0.339 e. The zero-order valence-corrected chi connectivity index (χ0v) is 15.8. The van der Waals surface area contributed by atoms with Gasteiger partial charge >= 0.3 is 0 Å². The van der Waals surface area contributed by atoms with Gasteiger partial charge in [0.25, 0.3) is 0 Å². The molecule has 0 spiro atoms. The maximum absolute atomic E-state index is 12.3. The van der Waals surface area contributed by atoms with Gasteiger partial charge in [-0.2, -0.15) is 0 Å². The van der Waals surface area contributed by atoms with Gasteiger partial charge in [0.15, 0.2) is 0 Å². The summed E-state index contributed by atoms with van der Waals surface area (Å²) in [7, 11) is 5.90. The average Bonchev–Trinajstić information content (AvgIpc) is 3.19. The summed E-state index contributed by atoms with van der Waals surface area (Å²) in [5.74, 6) is 1.52.